The molecule has 0 radical (unpaired) electrons. The zero-order valence-corrected chi connectivity index (χ0v) is 23.7. The van der Waals surface area contributed by atoms with Crippen molar-refractivity contribution in [2.75, 3.05) is 32.8 Å². The minimum Gasteiger partial charge on any atom is -0.481 e. The minimum absolute atomic E-state index is 0.0602. The molecule has 0 amide bonds. The summed E-state index contributed by atoms with van der Waals surface area (Å²) in [5, 5.41) is 12.6. The maximum absolute atomic E-state index is 13.9. The Labute approximate surface area is 237 Å². The predicted molar refractivity (Wildman–Crippen MR) is 148 cm³/mol. The van der Waals surface area contributed by atoms with Gasteiger partial charge >= 0.3 is 11.9 Å². The maximum atomic E-state index is 13.9. The van der Waals surface area contributed by atoms with Gasteiger partial charge < -0.3 is 24.5 Å². The molecule has 216 valence electrons. The van der Waals surface area contributed by atoms with E-state index >= 15 is 0 Å². The van der Waals surface area contributed by atoms with Gasteiger partial charge in [-0.2, -0.15) is 0 Å². The molecule has 4 rings (SSSR count). The number of benzene rings is 1. The van der Waals surface area contributed by atoms with E-state index in [4.69, 9.17) is 31.2 Å². The Morgan fingerprint density at radius 3 is 2.85 bits per heavy atom. The van der Waals surface area contributed by atoms with Crippen molar-refractivity contribution in [2.24, 2.45) is 18.0 Å². The molecular weight excluding hydrogens is 541 g/mol. The molecule has 0 bridgehead atoms. The molecule has 0 aliphatic carbocycles. The number of carbonyl (C=O) groups excluding carboxylic acids is 1. The second kappa shape index (κ2) is 13.4. The third kappa shape index (κ3) is 7.07. The number of hydrogen-bond donors (Lipinski definition) is 2. The van der Waals surface area contributed by atoms with E-state index in [0.717, 1.165) is 12.8 Å². The number of ether oxygens (including phenoxy) is 2. The molecule has 2 aromatic rings. The van der Waals surface area contributed by atoms with Crippen molar-refractivity contribution in [3.63, 3.8) is 0 Å². The Balaban J connectivity index is 1.65. The average molecular weight is 576 g/mol. The zero-order chi connectivity index (χ0) is 28.8. The summed E-state index contributed by atoms with van der Waals surface area (Å²) in [4.78, 5) is 36.0. The zero-order valence-electron chi connectivity index (χ0n) is 22.9. The Morgan fingerprint density at radius 2 is 2.17 bits per heavy atom. The van der Waals surface area contributed by atoms with Crippen molar-refractivity contribution >= 4 is 29.4 Å². The molecule has 3 heterocycles. The minimum atomic E-state index is -0.843. The number of carboxylic acid groups (broad SMARTS) is 1. The van der Waals surface area contributed by atoms with Crippen molar-refractivity contribution in [1.82, 2.24) is 19.8 Å². The molecule has 1 aromatic carbocycles. The van der Waals surface area contributed by atoms with E-state index in [-0.39, 0.29) is 17.7 Å². The van der Waals surface area contributed by atoms with Crippen LogP contribution in [0.4, 0.5) is 4.39 Å². The molecule has 2 aliphatic heterocycles. The lowest BCUT2D eigenvalue weighted by Crippen LogP contribution is -2.46. The molecule has 1 aromatic heterocycles. The fourth-order valence-corrected chi connectivity index (χ4v) is 5.19. The van der Waals surface area contributed by atoms with Crippen molar-refractivity contribution in [3.8, 4) is 0 Å². The number of nitrogens with one attached hydrogen (secondary N) is 1. The van der Waals surface area contributed by atoms with Gasteiger partial charge in [-0.3, -0.25) is 14.7 Å². The number of aromatic nitrogens is 2. The first-order valence-corrected chi connectivity index (χ1v) is 13.8. The number of nitrogens with zero attached hydrogens (tertiary/aromatic N) is 4. The number of amidine groups is 1. The number of imidazole rings is 1. The van der Waals surface area contributed by atoms with Crippen LogP contribution in [0.15, 0.2) is 46.9 Å². The fraction of sp³-hybridized carbons (Fsp3) is 0.500. The summed E-state index contributed by atoms with van der Waals surface area (Å²) in [6.07, 6.45) is 5.44. The molecule has 40 heavy (non-hydrogen) atoms. The van der Waals surface area contributed by atoms with E-state index in [1.54, 1.807) is 26.2 Å². The van der Waals surface area contributed by atoms with Crippen LogP contribution in [0, 0.1) is 11.7 Å². The summed E-state index contributed by atoms with van der Waals surface area (Å²) in [6.45, 7) is 5.74. The first kappa shape index (κ1) is 29.7. The van der Waals surface area contributed by atoms with Crippen LogP contribution < -0.4 is 5.32 Å². The molecule has 0 saturated carbocycles. The van der Waals surface area contributed by atoms with Gasteiger partial charge in [0.25, 0.3) is 0 Å². The molecule has 1 unspecified atom stereocenters. The Hall–Kier alpha value is -3.28. The molecule has 0 spiro atoms. The van der Waals surface area contributed by atoms with Crippen LogP contribution in [-0.4, -0.2) is 76.3 Å². The Bertz CT molecular complexity index is 1300. The van der Waals surface area contributed by atoms with Crippen molar-refractivity contribution in [2.45, 2.75) is 45.3 Å². The summed E-state index contributed by atoms with van der Waals surface area (Å²) in [5.41, 5.74) is 1.37. The topological polar surface area (TPSA) is 118 Å². The molecule has 10 nitrogen and oxygen atoms in total. The summed E-state index contributed by atoms with van der Waals surface area (Å²) in [5.74, 6) is -1.21. The van der Waals surface area contributed by atoms with Crippen LogP contribution in [0.25, 0.3) is 0 Å². The number of halogens is 2. The molecule has 12 heteroatoms. The van der Waals surface area contributed by atoms with Crippen LogP contribution >= 0.6 is 11.6 Å². The van der Waals surface area contributed by atoms with Gasteiger partial charge in [0.2, 0.25) is 0 Å². The molecule has 2 aliphatic rings. The van der Waals surface area contributed by atoms with Crippen LogP contribution in [0.1, 0.15) is 50.5 Å². The Kier molecular flexibility index (Phi) is 9.94. The number of carbonyl (C=O) groups is 2. The number of aliphatic carboxylic acids is 1. The van der Waals surface area contributed by atoms with Crippen molar-refractivity contribution < 1.29 is 28.6 Å². The third-order valence-electron chi connectivity index (χ3n) is 7.10. The molecular formula is C28H35ClFN5O5. The molecule has 2 N–H and O–H groups in total. The number of aliphatic imine (C=N–C) groups is 1. The highest BCUT2D eigenvalue weighted by atomic mass is 35.5. The standard InChI is InChI=1S/C28H35ClFN5O5/c1-4-39-28(38)23-22(16-35-12-13-40-19(15-35)7-5-6-17(2)27(36)37)32-25(26-31-10-11-34(26)3)33-24(23)20-9-8-18(30)14-21(20)29/h8-11,14,17,19,24H,4-7,12-13,15-16H2,1-3H3,(H,32,33)(H,36,37)/t17?,19-,24+/m1/s1. The third-order valence-corrected chi connectivity index (χ3v) is 7.43. The largest absolute Gasteiger partial charge is 0.481 e. The van der Waals surface area contributed by atoms with E-state index in [0.29, 0.717) is 61.2 Å². The number of hydrogen-bond acceptors (Lipinski definition) is 8. The predicted octanol–water partition coefficient (Wildman–Crippen LogP) is 3.71. The smallest absolute Gasteiger partial charge is 0.338 e. The van der Waals surface area contributed by atoms with Gasteiger partial charge in [0, 0.05) is 55.4 Å². The number of aryl methyl sites for hydroxylation is 1. The van der Waals surface area contributed by atoms with Crippen molar-refractivity contribution in [3.05, 3.63) is 64.1 Å². The van der Waals surface area contributed by atoms with Gasteiger partial charge in [0.15, 0.2) is 11.7 Å². The molecule has 3 atom stereocenters. The van der Waals surface area contributed by atoms with E-state index in [9.17, 15) is 14.0 Å². The van der Waals surface area contributed by atoms with E-state index in [1.807, 2.05) is 11.6 Å². The summed E-state index contributed by atoms with van der Waals surface area (Å²) in [7, 11) is 1.84. The highest BCUT2D eigenvalue weighted by molar-refractivity contribution is 6.31. The van der Waals surface area contributed by atoms with Gasteiger partial charge in [-0.15, -0.1) is 0 Å². The van der Waals surface area contributed by atoms with E-state index < -0.39 is 29.7 Å². The maximum Gasteiger partial charge on any atom is 0.338 e. The molecule has 1 fully saturated rings. The van der Waals surface area contributed by atoms with Crippen LogP contribution in [-0.2, 0) is 26.1 Å². The highest BCUT2D eigenvalue weighted by Gasteiger charge is 2.35. The van der Waals surface area contributed by atoms with Crippen LogP contribution in [0.5, 0.6) is 0 Å². The summed E-state index contributed by atoms with van der Waals surface area (Å²) >= 11 is 6.47. The lowest BCUT2D eigenvalue weighted by atomic mass is 9.95. The number of esters is 1. The Morgan fingerprint density at radius 1 is 1.38 bits per heavy atom. The highest BCUT2D eigenvalue weighted by Crippen LogP contribution is 2.36. The molecule has 1 saturated heterocycles. The van der Waals surface area contributed by atoms with Gasteiger partial charge in [-0.25, -0.2) is 14.2 Å². The second-order valence-electron chi connectivity index (χ2n) is 10.0. The van der Waals surface area contributed by atoms with E-state index in [1.165, 1.54) is 18.2 Å². The lowest BCUT2D eigenvalue weighted by Gasteiger charge is -2.35. The van der Waals surface area contributed by atoms with Gasteiger partial charge in [0.05, 0.1) is 30.8 Å². The van der Waals surface area contributed by atoms with Gasteiger partial charge in [-0.05, 0) is 38.3 Å². The first-order chi connectivity index (χ1) is 19.2. The van der Waals surface area contributed by atoms with Crippen molar-refractivity contribution in [1.29, 1.82) is 0 Å². The second-order valence-corrected chi connectivity index (χ2v) is 10.5. The normalized spacial score (nSPS) is 20.6. The number of morpholine rings is 1. The summed E-state index contributed by atoms with van der Waals surface area (Å²) < 4.78 is 27.2. The first-order valence-electron chi connectivity index (χ1n) is 13.4. The van der Waals surface area contributed by atoms with Gasteiger partial charge in [0.1, 0.15) is 11.9 Å². The monoisotopic (exact) mass is 575 g/mol. The average Bonchev–Trinajstić information content (AvgIpc) is 3.34. The number of carboxylic acids is 1. The van der Waals surface area contributed by atoms with Crippen LogP contribution in [0.3, 0.4) is 0 Å². The number of rotatable bonds is 11. The summed E-state index contributed by atoms with van der Waals surface area (Å²) in [6, 6.07) is 3.19. The quantitative estimate of drug-likeness (QED) is 0.389. The van der Waals surface area contributed by atoms with Gasteiger partial charge in [-0.1, -0.05) is 24.6 Å². The lowest BCUT2D eigenvalue weighted by molar-refractivity contribution is -0.141. The fourth-order valence-electron chi connectivity index (χ4n) is 4.92. The SMILES string of the molecule is CCOC(=O)C1=C(CN2CCO[C@H](CCCC(C)C(=O)O)C2)NC(c2nccn2C)=N[C@H]1c1ccc(F)cc1Cl. The van der Waals surface area contributed by atoms with E-state index in [2.05, 4.69) is 15.2 Å². The van der Waals surface area contributed by atoms with Crippen LogP contribution in [0.2, 0.25) is 5.02 Å².